The fourth-order valence-corrected chi connectivity index (χ4v) is 2.40. The zero-order valence-corrected chi connectivity index (χ0v) is 8.94. The van der Waals surface area contributed by atoms with Crippen molar-refractivity contribution in [3.05, 3.63) is 34.9 Å². The summed E-state index contributed by atoms with van der Waals surface area (Å²) in [6, 6.07) is 6.97. The van der Waals surface area contributed by atoms with Crippen LogP contribution in [0.2, 0.25) is 0 Å². The molecule has 1 fully saturated rings. The maximum atomic E-state index is 11.1. The van der Waals surface area contributed by atoms with Gasteiger partial charge in [0.1, 0.15) is 0 Å². The van der Waals surface area contributed by atoms with Gasteiger partial charge >= 0.3 is 5.97 Å². The Balaban J connectivity index is 2.44. The molecule has 2 rings (SSSR count). The smallest absolute Gasteiger partial charge is 0.336 e. The number of carbonyl (C=O) groups is 1. The van der Waals surface area contributed by atoms with E-state index >= 15 is 0 Å². The first-order valence-corrected chi connectivity index (χ1v) is 5.49. The highest BCUT2D eigenvalue weighted by Gasteiger charge is 2.22. The molecular formula is C13H13NO2. The predicted octanol–water partition coefficient (Wildman–Crippen LogP) is 2.91. The predicted molar refractivity (Wildman–Crippen MR) is 59.3 cm³/mol. The summed E-state index contributed by atoms with van der Waals surface area (Å²) in [4.78, 5) is 11.1. The molecule has 0 bridgehead atoms. The molecule has 1 aliphatic carbocycles. The largest absolute Gasteiger partial charge is 0.478 e. The molecule has 0 amide bonds. The van der Waals surface area contributed by atoms with Crippen LogP contribution in [0.4, 0.5) is 0 Å². The van der Waals surface area contributed by atoms with Crippen LogP contribution in [0.25, 0.3) is 0 Å². The van der Waals surface area contributed by atoms with Gasteiger partial charge in [-0.1, -0.05) is 18.9 Å². The van der Waals surface area contributed by atoms with E-state index in [9.17, 15) is 4.79 Å². The van der Waals surface area contributed by atoms with Crippen LogP contribution in [-0.2, 0) is 0 Å². The van der Waals surface area contributed by atoms with E-state index in [4.69, 9.17) is 10.4 Å². The maximum Gasteiger partial charge on any atom is 0.336 e. The minimum atomic E-state index is -0.931. The summed E-state index contributed by atoms with van der Waals surface area (Å²) in [5.41, 5.74) is 1.61. The molecule has 3 heteroatoms. The normalized spacial score (nSPS) is 15.9. The average Bonchev–Trinajstić information content (AvgIpc) is 2.81. The van der Waals surface area contributed by atoms with Crippen molar-refractivity contribution in [3.8, 4) is 6.07 Å². The molecule has 1 aromatic carbocycles. The molecule has 1 N–H and O–H groups in total. The van der Waals surface area contributed by atoms with Crippen LogP contribution in [0.5, 0.6) is 0 Å². The van der Waals surface area contributed by atoms with Crippen molar-refractivity contribution in [1.29, 1.82) is 5.26 Å². The Kier molecular flexibility index (Phi) is 2.91. The van der Waals surface area contributed by atoms with Crippen LogP contribution < -0.4 is 0 Å². The van der Waals surface area contributed by atoms with E-state index in [0.29, 0.717) is 17.0 Å². The van der Waals surface area contributed by atoms with E-state index < -0.39 is 5.97 Å². The van der Waals surface area contributed by atoms with E-state index in [0.717, 1.165) is 18.4 Å². The van der Waals surface area contributed by atoms with Crippen molar-refractivity contribution in [2.75, 3.05) is 0 Å². The minimum Gasteiger partial charge on any atom is -0.478 e. The van der Waals surface area contributed by atoms with E-state index in [1.54, 1.807) is 12.1 Å². The fourth-order valence-electron chi connectivity index (χ4n) is 2.40. The highest BCUT2D eigenvalue weighted by molar-refractivity contribution is 5.90. The molecule has 1 saturated carbocycles. The Labute approximate surface area is 94.3 Å². The van der Waals surface area contributed by atoms with Crippen molar-refractivity contribution >= 4 is 5.97 Å². The van der Waals surface area contributed by atoms with E-state index in [1.807, 2.05) is 6.07 Å². The molecule has 0 atom stereocenters. The molecule has 16 heavy (non-hydrogen) atoms. The summed E-state index contributed by atoms with van der Waals surface area (Å²) in [6.45, 7) is 0. The van der Waals surface area contributed by atoms with Gasteiger partial charge in [-0.15, -0.1) is 0 Å². The molecule has 0 radical (unpaired) electrons. The number of benzene rings is 1. The molecule has 82 valence electrons. The lowest BCUT2D eigenvalue weighted by Crippen LogP contribution is -2.06. The van der Waals surface area contributed by atoms with Crippen molar-refractivity contribution in [2.24, 2.45) is 0 Å². The Hall–Kier alpha value is -1.82. The first kappa shape index (κ1) is 10.7. The zero-order valence-electron chi connectivity index (χ0n) is 8.94. The molecule has 0 spiro atoms. The molecule has 0 unspecified atom stereocenters. The quantitative estimate of drug-likeness (QED) is 0.825. The SMILES string of the molecule is N#Cc1ccc(C2CCCC2)c(C(=O)O)c1. The topological polar surface area (TPSA) is 61.1 Å². The number of carboxylic acids is 1. The number of hydrogen-bond acceptors (Lipinski definition) is 2. The van der Waals surface area contributed by atoms with Gasteiger partial charge in [0.25, 0.3) is 0 Å². The number of aromatic carboxylic acids is 1. The number of hydrogen-bond donors (Lipinski definition) is 1. The van der Waals surface area contributed by atoms with Gasteiger partial charge in [0.15, 0.2) is 0 Å². The maximum absolute atomic E-state index is 11.1. The van der Waals surface area contributed by atoms with Gasteiger partial charge in [-0.05, 0) is 36.5 Å². The third-order valence-corrected chi connectivity index (χ3v) is 3.21. The van der Waals surface area contributed by atoms with Crippen LogP contribution in [0.15, 0.2) is 18.2 Å². The van der Waals surface area contributed by atoms with Crippen molar-refractivity contribution < 1.29 is 9.90 Å². The lowest BCUT2D eigenvalue weighted by molar-refractivity contribution is 0.0695. The molecule has 3 nitrogen and oxygen atoms in total. The Morgan fingerprint density at radius 2 is 2.06 bits per heavy atom. The first-order valence-electron chi connectivity index (χ1n) is 5.49. The van der Waals surface area contributed by atoms with Crippen LogP contribution in [0, 0.1) is 11.3 Å². The Morgan fingerprint density at radius 1 is 1.38 bits per heavy atom. The molecule has 0 aliphatic heterocycles. The fraction of sp³-hybridized carbons (Fsp3) is 0.385. The summed E-state index contributed by atoms with van der Waals surface area (Å²) < 4.78 is 0. The summed E-state index contributed by atoms with van der Waals surface area (Å²) in [6.07, 6.45) is 4.46. The average molecular weight is 215 g/mol. The Bertz CT molecular complexity index is 453. The van der Waals surface area contributed by atoms with Gasteiger partial charge in [-0.3, -0.25) is 0 Å². The number of nitriles is 1. The van der Waals surface area contributed by atoms with Crippen molar-refractivity contribution in [2.45, 2.75) is 31.6 Å². The van der Waals surface area contributed by atoms with Crippen LogP contribution in [0.1, 0.15) is 53.1 Å². The summed E-state index contributed by atoms with van der Waals surface area (Å²) in [5.74, 6) is -0.571. The van der Waals surface area contributed by atoms with E-state index in [-0.39, 0.29) is 0 Å². The number of nitrogens with zero attached hydrogens (tertiary/aromatic N) is 1. The van der Waals surface area contributed by atoms with Gasteiger partial charge in [0.2, 0.25) is 0 Å². The number of rotatable bonds is 2. The van der Waals surface area contributed by atoms with Gasteiger partial charge in [-0.25, -0.2) is 4.79 Å². The van der Waals surface area contributed by atoms with Gasteiger partial charge in [-0.2, -0.15) is 5.26 Å². The van der Waals surface area contributed by atoms with Crippen molar-refractivity contribution in [1.82, 2.24) is 0 Å². The summed E-state index contributed by atoms with van der Waals surface area (Å²) in [7, 11) is 0. The van der Waals surface area contributed by atoms with Crippen molar-refractivity contribution in [3.63, 3.8) is 0 Å². The standard InChI is InChI=1S/C13H13NO2/c14-8-9-5-6-11(10-3-1-2-4-10)12(7-9)13(15)16/h5-7,10H,1-4H2,(H,15,16). The highest BCUT2D eigenvalue weighted by atomic mass is 16.4. The van der Waals surface area contributed by atoms with E-state index in [2.05, 4.69) is 0 Å². The monoisotopic (exact) mass is 215 g/mol. The molecular weight excluding hydrogens is 202 g/mol. The van der Waals surface area contributed by atoms with E-state index in [1.165, 1.54) is 18.9 Å². The molecule has 0 aromatic heterocycles. The van der Waals surface area contributed by atoms with Gasteiger partial charge in [0, 0.05) is 0 Å². The third kappa shape index (κ3) is 1.92. The second-order valence-corrected chi connectivity index (χ2v) is 4.20. The van der Waals surface area contributed by atoms with Crippen LogP contribution >= 0.6 is 0 Å². The molecule has 0 saturated heterocycles. The summed E-state index contributed by atoms with van der Waals surface area (Å²) >= 11 is 0. The lowest BCUT2D eigenvalue weighted by atomic mass is 9.92. The highest BCUT2D eigenvalue weighted by Crippen LogP contribution is 2.36. The second-order valence-electron chi connectivity index (χ2n) is 4.20. The van der Waals surface area contributed by atoms with Gasteiger partial charge < -0.3 is 5.11 Å². The lowest BCUT2D eigenvalue weighted by Gasteiger charge is -2.12. The zero-order chi connectivity index (χ0) is 11.5. The van der Waals surface area contributed by atoms with Crippen LogP contribution in [-0.4, -0.2) is 11.1 Å². The Morgan fingerprint density at radius 3 is 2.62 bits per heavy atom. The molecule has 1 aliphatic rings. The molecule has 1 aromatic rings. The number of carboxylic acid groups (broad SMARTS) is 1. The van der Waals surface area contributed by atoms with Gasteiger partial charge in [0.05, 0.1) is 17.2 Å². The molecule has 0 heterocycles. The van der Waals surface area contributed by atoms with Crippen LogP contribution in [0.3, 0.4) is 0 Å². The third-order valence-electron chi connectivity index (χ3n) is 3.21. The second kappa shape index (κ2) is 4.36. The summed E-state index contributed by atoms with van der Waals surface area (Å²) in [5, 5.41) is 17.9. The first-order chi connectivity index (χ1) is 7.72. The minimum absolute atomic E-state index is 0.297.